The number of rotatable bonds is 5. The molecule has 0 spiro atoms. The fourth-order valence-corrected chi connectivity index (χ4v) is 5.30. The Morgan fingerprint density at radius 3 is 2.53 bits per heavy atom. The summed E-state index contributed by atoms with van der Waals surface area (Å²) in [6.07, 6.45) is 6.08. The number of hydrogen-bond donors (Lipinski definition) is 1. The molecule has 176 valence electrons. The van der Waals surface area contributed by atoms with Crippen molar-refractivity contribution in [3.63, 3.8) is 0 Å². The summed E-state index contributed by atoms with van der Waals surface area (Å²) in [5, 5.41) is 12.5. The highest BCUT2D eigenvalue weighted by atomic mass is 16.5. The number of pyridine rings is 1. The fraction of sp³-hybridized carbons (Fsp3) is 0.462. The number of aromatic nitrogens is 5. The second-order valence-corrected chi connectivity index (χ2v) is 9.30. The van der Waals surface area contributed by atoms with Gasteiger partial charge in [0.15, 0.2) is 11.3 Å². The first-order valence-corrected chi connectivity index (χ1v) is 12.5. The van der Waals surface area contributed by atoms with E-state index in [1.807, 2.05) is 6.07 Å². The molecule has 0 atom stereocenters. The minimum atomic E-state index is 0.329. The van der Waals surface area contributed by atoms with Crippen LogP contribution in [0, 0.1) is 0 Å². The number of hydrogen-bond acceptors (Lipinski definition) is 7. The van der Waals surface area contributed by atoms with E-state index in [4.69, 9.17) is 9.72 Å². The zero-order valence-electron chi connectivity index (χ0n) is 19.7. The van der Waals surface area contributed by atoms with Gasteiger partial charge >= 0.3 is 0 Å². The zero-order valence-corrected chi connectivity index (χ0v) is 19.7. The van der Waals surface area contributed by atoms with Crippen molar-refractivity contribution in [1.29, 1.82) is 0 Å². The van der Waals surface area contributed by atoms with Gasteiger partial charge in [-0.2, -0.15) is 0 Å². The lowest BCUT2D eigenvalue weighted by Gasteiger charge is -2.34. The van der Waals surface area contributed by atoms with Crippen LogP contribution in [0.25, 0.3) is 28.1 Å². The number of nitrogens with one attached hydrogen (secondary N) is 1. The van der Waals surface area contributed by atoms with E-state index in [1.165, 1.54) is 18.5 Å². The molecule has 8 nitrogen and oxygen atoms in total. The molecule has 5 heterocycles. The number of piperidine rings is 1. The Labute approximate surface area is 199 Å². The molecule has 1 aromatic carbocycles. The predicted octanol–water partition coefficient (Wildman–Crippen LogP) is 3.81. The van der Waals surface area contributed by atoms with Crippen molar-refractivity contribution in [2.75, 3.05) is 37.7 Å². The molecule has 2 aliphatic rings. The molecule has 6 rings (SSSR count). The summed E-state index contributed by atoms with van der Waals surface area (Å²) in [6, 6.07) is 13.6. The van der Waals surface area contributed by atoms with Crippen LogP contribution in [0.5, 0.6) is 0 Å². The van der Waals surface area contributed by atoms with Gasteiger partial charge in [-0.05, 0) is 56.5 Å². The van der Waals surface area contributed by atoms with Gasteiger partial charge in [-0.15, -0.1) is 10.2 Å². The fourth-order valence-electron chi connectivity index (χ4n) is 5.30. The van der Waals surface area contributed by atoms with Crippen LogP contribution < -0.4 is 10.2 Å². The molecule has 0 saturated carbocycles. The third-order valence-electron chi connectivity index (χ3n) is 7.20. The van der Waals surface area contributed by atoms with Gasteiger partial charge in [-0.3, -0.25) is 4.40 Å². The largest absolute Gasteiger partial charge is 0.381 e. The molecule has 8 heteroatoms. The maximum Gasteiger partial charge on any atom is 0.181 e. The molecule has 0 amide bonds. The second kappa shape index (κ2) is 9.27. The molecule has 0 bridgehead atoms. The van der Waals surface area contributed by atoms with Crippen molar-refractivity contribution < 1.29 is 4.74 Å². The molecule has 0 unspecified atom stereocenters. The van der Waals surface area contributed by atoms with Crippen molar-refractivity contribution in [3.05, 3.63) is 48.4 Å². The standard InChI is InChI=1S/C26H31N7O/c1-2-27-20-9-13-32(14-10-20)21-5-3-18(4-6-21)22-7-8-23-26(29-22)33-24(17-28-23)30-31-25(33)19-11-15-34-16-12-19/h3-8,17,19-20,27H,2,9-16H2,1H3. The molecule has 2 aliphatic heterocycles. The van der Waals surface area contributed by atoms with E-state index in [0.29, 0.717) is 12.0 Å². The first kappa shape index (κ1) is 21.4. The maximum absolute atomic E-state index is 5.55. The van der Waals surface area contributed by atoms with Gasteiger partial charge in [0.1, 0.15) is 11.3 Å². The van der Waals surface area contributed by atoms with E-state index in [9.17, 15) is 0 Å². The lowest BCUT2D eigenvalue weighted by molar-refractivity contribution is 0.0834. The molecule has 2 fully saturated rings. The Morgan fingerprint density at radius 1 is 0.971 bits per heavy atom. The Bertz CT molecular complexity index is 1270. The minimum absolute atomic E-state index is 0.329. The van der Waals surface area contributed by atoms with Gasteiger partial charge in [0.2, 0.25) is 0 Å². The molecule has 3 aromatic heterocycles. The number of benzene rings is 1. The van der Waals surface area contributed by atoms with Crippen LogP contribution in [0.3, 0.4) is 0 Å². The van der Waals surface area contributed by atoms with Gasteiger partial charge in [0.05, 0.1) is 11.9 Å². The van der Waals surface area contributed by atoms with E-state index < -0.39 is 0 Å². The predicted molar refractivity (Wildman–Crippen MR) is 133 cm³/mol. The maximum atomic E-state index is 5.55. The second-order valence-electron chi connectivity index (χ2n) is 9.30. The van der Waals surface area contributed by atoms with Crippen molar-refractivity contribution in [2.45, 2.75) is 44.6 Å². The van der Waals surface area contributed by atoms with Crippen LogP contribution in [-0.4, -0.2) is 63.5 Å². The topological polar surface area (TPSA) is 80.5 Å². The lowest BCUT2D eigenvalue weighted by Crippen LogP contribution is -2.42. The molecular weight excluding hydrogens is 426 g/mol. The third kappa shape index (κ3) is 4.01. The van der Waals surface area contributed by atoms with Gasteiger partial charge in [0.25, 0.3) is 0 Å². The Balaban J connectivity index is 1.30. The van der Waals surface area contributed by atoms with Crippen molar-refractivity contribution in [3.8, 4) is 11.3 Å². The highest BCUT2D eigenvalue weighted by Gasteiger charge is 2.23. The van der Waals surface area contributed by atoms with Crippen LogP contribution in [0.15, 0.2) is 42.6 Å². The molecule has 0 aliphatic carbocycles. The minimum Gasteiger partial charge on any atom is -0.381 e. The average Bonchev–Trinajstić information content (AvgIpc) is 3.35. The molecule has 34 heavy (non-hydrogen) atoms. The Morgan fingerprint density at radius 2 is 1.76 bits per heavy atom. The smallest absolute Gasteiger partial charge is 0.181 e. The molecule has 1 N–H and O–H groups in total. The Kier molecular flexibility index (Phi) is 5.84. The Hall–Kier alpha value is -3.10. The SMILES string of the molecule is CCNC1CCN(c2ccc(-c3ccc4ncc5nnc(C6CCOCC6)n5c4n3)cc2)CC1. The first-order chi connectivity index (χ1) is 16.8. The van der Waals surface area contributed by atoms with Gasteiger partial charge in [-0.1, -0.05) is 19.1 Å². The van der Waals surface area contributed by atoms with Crippen molar-refractivity contribution >= 4 is 22.5 Å². The number of nitrogens with zero attached hydrogens (tertiary/aromatic N) is 6. The summed E-state index contributed by atoms with van der Waals surface area (Å²) < 4.78 is 7.64. The highest BCUT2D eigenvalue weighted by Crippen LogP contribution is 2.29. The van der Waals surface area contributed by atoms with Crippen LogP contribution in [0.2, 0.25) is 0 Å². The summed E-state index contributed by atoms with van der Waals surface area (Å²) >= 11 is 0. The van der Waals surface area contributed by atoms with Gasteiger partial charge in [-0.25, -0.2) is 9.97 Å². The van der Waals surface area contributed by atoms with Crippen LogP contribution in [0.1, 0.15) is 44.3 Å². The van der Waals surface area contributed by atoms with Crippen molar-refractivity contribution in [1.82, 2.24) is 29.9 Å². The van der Waals surface area contributed by atoms with Crippen LogP contribution >= 0.6 is 0 Å². The normalized spacial score (nSPS) is 18.2. The van der Waals surface area contributed by atoms with Gasteiger partial charge in [0, 0.05) is 49.5 Å². The summed E-state index contributed by atoms with van der Waals surface area (Å²) in [5.41, 5.74) is 5.73. The molecule has 2 saturated heterocycles. The van der Waals surface area contributed by atoms with E-state index in [0.717, 1.165) is 79.6 Å². The molecule has 0 radical (unpaired) electrons. The monoisotopic (exact) mass is 457 g/mol. The lowest BCUT2D eigenvalue weighted by atomic mass is 9.99. The quantitative estimate of drug-likeness (QED) is 0.488. The zero-order chi connectivity index (χ0) is 22.9. The average molecular weight is 458 g/mol. The summed E-state index contributed by atoms with van der Waals surface area (Å²) in [7, 11) is 0. The van der Waals surface area contributed by atoms with E-state index >= 15 is 0 Å². The number of anilines is 1. The van der Waals surface area contributed by atoms with E-state index in [-0.39, 0.29) is 0 Å². The van der Waals surface area contributed by atoms with E-state index in [2.05, 4.69) is 67.1 Å². The van der Waals surface area contributed by atoms with Crippen molar-refractivity contribution in [2.24, 2.45) is 0 Å². The van der Waals surface area contributed by atoms with Crippen LogP contribution in [0.4, 0.5) is 5.69 Å². The van der Waals surface area contributed by atoms with Crippen LogP contribution in [-0.2, 0) is 4.74 Å². The highest BCUT2D eigenvalue weighted by molar-refractivity contribution is 5.77. The van der Waals surface area contributed by atoms with Gasteiger partial charge < -0.3 is 15.0 Å². The number of fused-ring (bicyclic) bond motifs is 3. The number of ether oxygens (including phenoxy) is 1. The summed E-state index contributed by atoms with van der Waals surface area (Å²) in [6.45, 7) is 6.95. The summed E-state index contributed by atoms with van der Waals surface area (Å²) in [4.78, 5) is 12.1. The third-order valence-corrected chi connectivity index (χ3v) is 7.20. The molecular formula is C26H31N7O. The van der Waals surface area contributed by atoms with E-state index in [1.54, 1.807) is 6.20 Å². The first-order valence-electron chi connectivity index (χ1n) is 12.5. The molecule has 4 aromatic rings. The summed E-state index contributed by atoms with van der Waals surface area (Å²) in [5.74, 6) is 1.29.